The Morgan fingerprint density at radius 1 is 1.64 bits per heavy atom. The van der Waals surface area contributed by atoms with Crippen LogP contribution >= 0.6 is 23.6 Å². The molecule has 1 saturated heterocycles. The van der Waals surface area contributed by atoms with Gasteiger partial charge >= 0.3 is 0 Å². The number of hydrogen-bond acceptors (Lipinski definition) is 5. The van der Waals surface area contributed by atoms with Gasteiger partial charge in [-0.1, -0.05) is 6.07 Å². The topological polar surface area (TPSA) is 66.0 Å². The first-order chi connectivity index (χ1) is 10.6. The fourth-order valence-electron chi connectivity index (χ4n) is 2.77. The molecular weight excluding hydrogens is 318 g/mol. The lowest BCUT2D eigenvalue weighted by Crippen LogP contribution is -2.47. The van der Waals surface area contributed by atoms with Crippen LogP contribution in [0.25, 0.3) is 10.7 Å². The number of hydrogen-bond donors (Lipinski definition) is 2. The molecule has 0 bridgehead atoms. The van der Waals surface area contributed by atoms with Crippen LogP contribution in [0.1, 0.15) is 19.8 Å². The molecule has 22 heavy (non-hydrogen) atoms. The fraction of sp³-hybridized carbons (Fsp3) is 0.500. The minimum absolute atomic E-state index is 0.0324. The summed E-state index contributed by atoms with van der Waals surface area (Å²) in [6.07, 6.45) is 2.11. The van der Waals surface area contributed by atoms with Gasteiger partial charge in [0.2, 0.25) is 10.7 Å². The van der Waals surface area contributed by atoms with Crippen molar-refractivity contribution >= 4 is 29.5 Å². The highest BCUT2D eigenvalue weighted by molar-refractivity contribution is 7.71. The monoisotopic (exact) mass is 337 g/mol. The van der Waals surface area contributed by atoms with Crippen molar-refractivity contribution in [3.05, 3.63) is 22.3 Å². The van der Waals surface area contributed by atoms with E-state index >= 15 is 0 Å². The van der Waals surface area contributed by atoms with Crippen molar-refractivity contribution < 1.29 is 4.79 Å². The molecule has 2 aromatic rings. The van der Waals surface area contributed by atoms with E-state index in [0.29, 0.717) is 11.4 Å². The zero-order valence-electron chi connectivity index (χ0n) is 12.4. The molecule has 118 valence electrons. The van der Waals surface area contributed by atoms with Crippen molar-refractivity contribution in [2.24, 2.45) is 0 Å². The van der Waals surface area contributed by atoms with E-state index in [2.05, 4.69) is 20.3 Å². The van der Waals surface area contributed by atoms with Crippen molar-refractivity contribution in [1.29, 1.82) is 0 Å². The largest absolute Gasteiger partial charge is 0.352 e. The number of piperidine rings is 1. The van der Waals surface area contributed by atoms with Gasteiger partial charge in [0.15, 0.2) is 5.82 Å². The first kappa shape index (κ1) is 15.4. The molecule has 3 rings (SSSR count). The maximum absolute atomic E-state index is 11.2. The second-order valence-corrected chi connectivity index (χ2v) is 6.83. The van der Waals surface area contributed by atoms with Crippen molar-refractivity contribution in [2.75, 3.05) is 13.1 Å². The molecule has 0 aromatic carbocycles. The Morgan fingerprint density at radius 3 is 3.23 bits per heavy atom. The molecule has 0 radical (unpaired) electrons. The number of aromatic nitrogens is 3. The summed E-state index contributed by atoms with van der Waals surface area (Å²) in [7, 11) is 0. The molecule has 8 heteroatoms. The summed E-state index contributed by atoms with van der Waals surface area (Å²) in [6.45, 7) is 4.09. The molecule has 1 aliphatic heterocycles. The average molecular weight is 337 g/mol. The molecule has 1 unspecified atom stereocenters. The van der Waals surface area contributed by atoms with Crippen LogP contribution in [-0.2, 0) is 11.5 Å². The number of likely N-dealkylation sites (tertiary alicyclic amines) is 1. The molecule has 0 aliphatic carbocycles. The highest BCUT2D eigenvalue weighted by atomic mass is 32.1. The Balaban J connectivity index is 1.68. The molecule has 0 saturated carbocycles. The molecular formula is C14H19N5OS2. The van der Waals surface area contributed by atoms with Crippen LogP contribution in [0, 0.1) is 4.77 Å². The Morgan fingerprint density at radius 2 is 2.50 bits per heavy atom. The molecule has 1 atom stereocenters. The van der Waals surface area contributed by atoms with E-state index in [9.17, 15) is 4.79 Å². The van der Waals surface area contributed by atoms with Crippen LogP contribution in [0.15, 0.2) is 17.5 Å². The quantitative estimate of drug-likeness (QED) is 0.840. The van der Waals surface area contributed by atoms with Gasteiger partial charge in [-0.05, 0) is 36.5 Å². The van der Waals surface area contributed by atoms with E-state index in [1.165, 1.54) is 0 Å². The third-order valence-electron chi connectivity index (χ3n) is 3.69. The summed E-state index contributed by atoms with van der Waals surface area (Å²) in [4.78, 5) is 19.0. The van der Waals surface area contributed by atoms with Gasteiger partial charge in [0.05, 0.1) is 11.5 Å². The summed E-state index contributed by atoms with van der Waals surface area (Å²) < 4.78 is 2.45. The van der Waals surface area contributed by atoms with Gasteiger partial charge in [-0.15, -0.1) is 11.3 Å². The van der Waals surface area contributed by atoms with Gasteiger partial charge in [0, 0.05) is 26.1 Å². The second kappa shape index (κ2) is 6.72. The number of thiophene rings is 1. The van der Waals surface area contributed by atoms with E-state index in [1.807, 2.05) is 22.2 Å². The number of aromatic amines is 1. The Bertz CT molecular complexity index is 690. The lowest BCUT2D eigenvalue weighted by molar-refractivity contribution is -0.120. The van der Waals surface area contributed by atoms with E-state index in [-0.39, 0.29) is 11.9 Å². The molecule has 6 nitrogen and oxygen atoms in total. The lowest BCUT2D eigenvalue weighted by Gasteiger charge is -2.32. The number of amides is 1. The zero-order valence-corrected chi connectivity index (χ0v) is 14.0. The molecule has 1 fully saturated rings. The first-order valence-corrected chi connectivity index (χ1v) is 8.61. The van der Waals surface area contributed by atoms with Crippen LogP contribution in [-0.4, -0.2) is 44.7 Å². The normalized spacial score (nSPS) is 19.2. The number of nitrogens with one attached hydrogen (secondary N) is 2. The standard InChI is InChI=1S/C14H19N5OS2/c1-10(20)15-11-4-2-6-18(8-11)9-19-14(21)16-13(17-19)12-5-3-7-22-12/h3,5,7,11H,2,4,6,8-9H2,1H3,(H,15,20)(H,16,17,21). The van der Waals surface area contributed by atoms with Gasteiger partial charge in [-0.2, -0.15) is 4.98 Å². The van der Waals surface area contributed by atoms with Gasteiger partial charge in [0.25, 0.3) is 0 Å². The summed E-state index contributed by atoms with van der Waals surface area (Å²) in [5.74, 6) is 0.848. The fourth-order valence-corrected chi connectivity index (χ4v) is 3.62. The molecule has 3 heterocycles. The molecule has 1 amide bonds. The van der Waals surface area contributed by atoms with E-state index in [1.54, 1.807) is 18.3 Å². The average Bonchev–Trinajstić information content (AvgIpc) is 3.09. The predicted molar refractivity (Wildman–Crippen MR) is 89.1 cm³/mol. The van der Waals surface area contributed by atoms with Crippen LogP contribution in [0.4, 0.5) is 0 Å². The predicted octanol–water partition coefficient (Wildman–Crippen LogP) is 2.23. The van der Waals surface area contributed by atoms with E-state index in [4.69, 9.17) is 12.2 Å². The highest BCUT2D eigenvalue weighted by Crippen LogP contribution is 2.21. The minimum Gasteiger partial charge on any atom is -0.352 e. The van der Waals surface area contributed by atoms with Gasteiger partial charge < -0.3 is 5.32 Å². The molecule has 1 aliphatic rings. The molecule has 2 aromatic heterocycles. The van der Waals surface area contributed by atoms with E-state index < -0.39 is 0 Å². The number of rotatable bonds is 4. The number of carbonyl (C=O) groups excluding carboxylic acids is 1. The smallest absolute Gasteiger partial charge is 0.217 e. The summed E-state index contributed by atoms with van der Waals surface area (Å²) >= 11 is 6.98. The van der Waals surface area contributed by atoms with Crippen molar-refractivity contribution in [1.82, 2.24) is 25.0 Å². The molecule has 2 N–H and O–H groups in total. The second-order valence-electron chi connectivity index (χ2n) is 5.52. The molecule has 0 spiro atoms. The van der Waals surface area contributed by atoms with Crippen LogP contribution in [0.5, 0.6) is 0 Å². The van der Waals surface area contributed by atoms with Gasteiger partial charge in [-0.25, -0.2) is 4.68 Å². The maximum Gasteiger partial charge on any atom is 0.217 e. The lowest BCUT2D eigenvalue weighted by atomic mass is 10.1. The van der Waals surface area contributed by atoms with Crippen LogP contribution in [0.3, 0.4) is 0 Å². The zero-order chi connectivity index (χ0) is 15.5. The van der Waals surface area contributed by atoms with Gasteiger partial charge in [-0.3, -0.25) is 14.8 Å². The minimum atomic E-state index is 0.0324. The SMILES string of the molecule is CC(=O)NC1CCCN(Cn2[nH]c(-c3cccs3)nc2=S)C1. The van der Waals surface area contributed by atoms with Crippen molar-refractivity contribution in [3.8, 4) is 10.7 Å². The number of carbonyl (C=O) groups is 1. The van der Waals surface area contributed by atoms with Crippen molar-refractivity contribution in [2.45, 2.75) is 32.5 Å². The summed E-state index contributed by atoms with van der Waals surface area (Å²) in [5.41, 5.74) is 0. The highest BCUT2D eigenvalue weighted by Gasteiger charge is 2.21. The Hall–Kier alpha value is -1.51. The van der Waals surface area contributed by atoms with E-state index in [0.717, 1.165) is 36.6 Å². The third-order valence-corrected chi connectivity index (χ3v) is 4.88. The van der Waals surface area contributed by atoms with Gasteiger partial charge in [0.1, 0.15) is 0 Å². The number of nitrogens with zero attached hydrogens (tertiary/aromatic N) is 3. The van der Waals surface area contributed by atoms with Crippen LogP contribution < -0.4 is 5.32 Å². The summed E-state index contributed by atoms with van der Waals surface area (Å²) in [6, 6.07) is 4.25. The van der Waals surface area contributed by atoms with Crippen molar-refractivity contribution in [3.63, 3.8) is 0 Å². The Labute approximate surface area is 138 Å². The third kappa shape index (κ3) is 3.63. The number of H-pyrrole nitrogens is 1. The van der Waals surface area contributed by atoms with Crippen LogP contribution in [0.2, 0.25) is 0 Å². The Kier molecular flexibility index (Phi) is 4.70. The maximum atomic E-state index is 11.2. The summed E-state index contributed by atoms with van der Waals surface area (Å²) in [5, 5.41) is 8.29. The first-order valence-electron chi connectivity index (χ1n) is 7.32.